The first-order valence-corrected chi connectivity index (χ1v) is 43.6. The van der Waals surface area contributed by atoms with Gasteiger partial charge in [0.1, 0.15) is 5.69 Å². The van der Waals surface area contributed by atoms with Gasteiger partial charge in [-0.2, -0.15) is 4.58 Å². The van der Waals surface area contributed by atoms with Crippen LogP contribution in [0.1, 0.15) is 17.3 Å². The van der Waals surface area contributed by atoms with Crippen LogP contribution in [0.3, 0.4) is 0 Å². The molecule has 10 nitrogen and oxygen atoms in total. The molecule has 576 valence electrons. The molecule has 0 bridgehead atoms. The van der Waals surface area contributed by atoms with Gasteiger partial charge in [-0.3, -0.25) is 19.9 Å². The molecule has 0 radical (unpaired) electrons. The average molecular weight is 1630 g/mol. The summed E-state index contributed by atoms with van der Waals surface area (Å²) in [5, 5.41) is 25.5. The number of benzene rings is 15. The molecule has 26 rings (SSSR count). The Balaban J connectivity index is 0.000000105. The second kappa shape index (κ2) is 29.8. The Labute approximate surface area is 717 Å². The zero-order valence-electron chi connectivity index (χ0n) is 66.0. The van der Waals surface area contributed by atoms with Gasteiger partial charge in [0, 0.05) is 124 Å². The first-order valence-electron chi connectivity index (χ1n) is 41.2. The lowest BCUT2D eigenvalue weighted by molar-refractivity contribution is -0.483. The first-order chi connectivity index (χ1) is 61.0. The Morgan fingerprint density at radius 3 is 1.14 bits per heavy atom. The summed E-state index contributed by atoms with van der Waals surface area (Å²) in [5.74, 6) is 0.845. The van der Waals surface area contributed by atoms with E-state index in [9.17, 15) is 0 Å². The molecule has 0 saturated carbocycles. The van der Waals surface area contributed by atoms with E-state index in [2.05, 4.69) is 392 Å². The molecule has 13 heteroatoms. The number of azo groups is 1. The largest absolute Gasteiger partial charge is 0.360 e. The van der Waals surface area contributed by atoms with Gasteiger partial charge in [-0.25, -0.2) is 0 Å². The van der Waals surface area contributed by atoms with E-state index >= 15 is 0 Å². The van der Waals surface area contributed by atoms with Crippen LogP contribution < -0.4 is 0 Å². The molecule has 1 aliphatic heterocycles. The van der Waals surface area contributed by atoms with Crippen molar-refractivity contribution in [1.82, 2.24) is 33.6 Å². The standard InChI is InChI=1S/C40H27N4S.C38H23N3S.C32H19N3S/c1-4-13-27(14-5-1)36-25-30-23-24-35-37(38(30)45-36)33-21-10-11-22-34(33)43(35)31-19-12-20-32(26-31)44-39(28-15-6-2-7-16-28)41-42-40(44)29-17-8-3-9-18-29;1-2-8-24(9-3-1)34-22-28-17-18-33-35(38(28)42-34)31-13-4-5-14-32(31)41(33)30-12-6-10-26(21-30)29-20-27-16-15-25-11-7-19-39-36(25)37(27)40-23-29;1-2-7-20(8-3-1)28-18-23-14-15-27-29(32(23)36-28)25-10-4-5-11-26(25)35(27)24-17-22-13-12-21-9-6-16-33-30(21)31(22)34-19-24/h1-26,39H;1-23H;1-19H/q+1;;. The SMILES string of the molecule is c1ccc(-c2cc3ccc4c(c5ccccc5n4-c4cccc(-c5cnc6c(ccc7cccnc76)c5)c4)c3s2)cc1.c1ccc(-c2cc3ccc4c(c5ccccc5n4-c4cnc5c(ccc6cccnc65)c4)c3s2)cc1.c1ccc(C2=[N+](c3cccc(-n4c5ccccc5c5c6sc(-c7ccccc7)cc6ccc54)c3)C(c3ccccc3)N=N2)cc1. The maximum atomic E-state index is 4.90. The minimum absolute atomic E-state index is 0.253. The minimum atomic E-state index is -0.253. The molecular formula is C110H69N10S3+. The summed E-state index contributed by atoms with van der Waals surface area (Å²) in [4.78, 5) is 22.8. The third kappa shape index (κ3) is 12.3. The fraction of sp³-hybridized carbons (Fsp3) is 0.00909. The van der Waals surface area contributed by atoms with E-state index in [4.69, 9.17) is 20.2 Å². The highest BCUT2D eigenvalue weighted by atomic mass is 32.1. The van der Waals surface area contributed by atoms with E-state index in [1.807, 2.05) is 83.1 Å². The quantitative estimate of drug-likeness (QED) is 0.101. The van der Waals surface area contributed by atoms with Crippen molar-refractivity contribution in [3.05, 3.63) is 424 Å². The van der Waals surface area contributed by atoms with Crippen LogP contribution in [0.2, 0.25) is 0 Å². The number of nitrogens with zero attached hydrogens (tertiary/aromatic N) is 10. The predicted molar refractivity (Wildman–Crippen MR) is 516 cm³/mol. The number of rotatable bonds is 10. The van der Waals surface area contributed by atoms with Crippen LogP contribution in [0.5, 0.6) is 0 Å². The molecule has 0 amide bonds. The number of thiophene rings is 3. The van der Waals surface area contributed by atoms with Crippen molar-refractivity contribution in [3.8, 4) is 59.5 Å². The Hall–Kier alpha value is -15.5. The van der Waals surface area contributed by atoms with Crippen LogP contribution in [-0.4, -0.2) is 44.0 Å². The Morgan fingerprint density at radius 1 is 0.252 bits per heavy atom. The Bertz CT molecular complexity index is 8580. The zero-order chi connectivity index (χ0) is 81.0. The third-order valence-corrected chi connectivity index (χ3v) is 27.5. The lowest BCUT2D eigenvalue weighted by Gasteiger charge is -2.14. The first kappa shape index (κ1) is 71.6. The molecule has 0 aliphatic carbocycles. The van der Waals surface area contributed by atoms with Gasteiger partial charge < -0.3 is 13.7 Å². The smallest absolute Gasteiger partial charge is 0.309 e. The van der Waals surface area contributed by atoms with Gasteiger partial charge in [-0.1, -0.05) is 267 Å². The fourth-order valence-corrected chi connectivity index (χ4v) is 21.9. The number of para-hydroxylation sites is 3. The van der Waals surface area contributed by atoms with Crippen LogP contribution in [0, 0.1) is 0 Å². The van der Waals surface area contributed by atoms with Crippen LogP contribution in [0.25, 0.3) is 199 Å². The maximum Gasteiger partial charge on any atom is 0.360 e. The summed E-state index contributed by atoms with van der Waals surface area (Å²) in [6.45, 7) is 0. The number of hydrogen-bond acceptors (Lipinski definition) is 9. The van der Waals surface area contributed by atoms with Crippen molar-refractivity contribution in [2.75, 3.05) is 0 Å². The van der Waals surface area contributed by atoms with E-state index < -0.39 is 0 Å². The number of pyridine rings is 4. The number of hydrogen-bond donors (Lipinski definition) is 0. The molecular weight excluding hydrogens is 1560 g/mol. The van der Waals surface area contributed by atoms with E-state index in [0.717, 1.165) is 94.5 Å². The van der Waals surface area contributed by atoms with Crippen molar-refractivity contribution in [2.24, 2.45) is 10.2 Å². The Morgan fingerprint density at radius 2 is 0.642 bits per heavy atom. The minimum Gasteiger partial charge on any atom is -0.309 e. The van der Waals surface area contributed by atoms with Gasteiger partial charge in [0.2, 0.25) is 0 Å². The van der Waals surface area contributed by atoms with E-state index in [-0.39, 0.29) is 6.17 Å². The summed E-state index contributed by atoms with van der Waals surface area (Å²) < 4.78 is 13.4. The van der Waals surface area contributed by atoms with E-state index in [1.54, 1.807) is 0 Å². The average Bonchev–Trinajstić information content (AvgIpc) is 1.58. The van der Waals surface area contributed by atoms with Crippen LogP contribution in [0.15, 0.2) is 423 Å². The van der Waals surface area contributed by atoms with Gasteiger partial charge in [0.25, 0.3) is 6.17 Å². The second-order valence-corrected chi connectivity index (χ2v) is 34.3. The molecule has 0 N–H and O–H groups in total. The molecule has 0 saturated heterocycles. The highest BCUT2D eigenvalue weighted by Gasteiger charge is 2.36. The summed E-state index contributed by atoms with van der Waals surface area (Å²) in [5.41, 5.74) is 23.4. The number of aromatic nitrogens is 7. The second-order valence-electron chi connectivity index (χ2n) is 31.1. The van der Waals surface area contributed by atoms with Gasteiger partial charge in [0.15, 0.2) is 0 Å². The van der Waals surface area contributed by atoms with E-state index in [1.165, 1.54) is 127 Å². The lowest BCUT2D eigenvalue weighted by Crippen LogP contribution is -2.16. The van der Waals surface area contributed by atoms with E-state index in [0.29, 0.717) is 0 Å². The number of amidine groups is 1. The van der Waals surface area contributed by atoms with Crippen molar-refractivity contribution < 1.29 is 4.58 Å². The molecule has 11 heterocycles. The van der Waals surface area contributed by atoms with Gasteiger partial charge in [-0.05, 0) is 159 Å². The lowest BCUT2D eigenvalue weighted by atomic mass is 10.0. The monoisotopic (exact) mass is 1630 g/mol. The summed E-state index contributed by atoms with van der Waals surface area (Å²) in [6, 6.07) is 138. The highest BCUT2D eigenvalue weighted by molar-refractivity contribution is 7.24. The molecule has 25 aromatic rings. The predicted octanol–water partition coefficient (Wildman–Crippen LogP) is 30.1. The van der Waals surface area contributed by atoms with Crippen LogP contribution >= 0.6 is 34.0 Å². The van der Waals surface area contributed by atoms with Gasteiger partial charge >= 0.3 is 5.84 Å². The summed E-state index contributed by atoms with van der Waals surface area (Å²) >= 11 is 5.62. The molecule has 0 spiro atoms. The third-order valence-electron chi connectivity index (χ3n) is 23.9. The number of fused-ring (bicyclic) bond motifs is 21. The van der Waals surface area contributed by atoms with Crippen LogP contribution in [-0.2, 0) is 0 Å². The molecule has 15 aromatic carbocycles. The summed E-state index contributed by atoms with van der Waals surface area (Å²) in [6.07, 6.45) is 7.37. The molecule has 123 heavy (non-hydrogen) atoms. The molecule has 0 fully saturated rings. The highest BCUT2D eigenvalue weighted by Crippen LogP contribution is 2.48. The van der Waals surface area contributed by atoms with Gasteiger partial charge in [0.05, 0.1) is 83.4 Å². The molecule has 1 atom stereocenters. The Kier molecular flexibility index (Phi) is 17.3. The summed E-state index contributed by atoms with van der Waals surface area (Å²) in [7, 11) is 0. The van der Waals surface area contributed by atoms with Crippen molar-refractivity contribution in [3.63, 3.8) is 0 Å². The fourth-order valence-electron chi connectivity index (χ4n) is 18.3. The normalized spacial score (nSPS) is 12.9. The molecule has 1 unspecified atom stereocenters. The maximum absolute atomic E-state index is 4.90. The van der Waals surface area contributed by atoms with Crippen molar-refractivity contribution in [2.45, 2.75) is 6.17 Å². The van der Waals surface area contributed by atoms with Crippen molar-refractivity contribution in [1.29, 1.82) is 0 Å². The zero-order valence-corrected chi connectivity index (χ0v) is 68.5. The van der Waals surface area contributed by atoms with Gasteiger partial charge in [-0.15, -0.1) is 34.0 Å². The van der Waals surface area contributed by atoms with Crippen LogP contribution in [0.4, 0.5) is 5.69 Å². The van der Waals surface area contributed by atoms with Crippen molar-refractivity contribution >= 4 is 185 Å². The molecule has 10 aromatic heterocycles. The topological polar surface area (TPSA) is 94.1 Å². The molecule has 1 aliphatic rings.